The Hall–Kier alpha value is -1.79. The lowest BCUT2D eigenvalue weighted by atomic mass is 9.97. The highest BCUT2D eigenvalue weighted by Crippen LogP contribution is 2.30. The number of nitrogens with one attached hydrogen (secondary N) is 1. The second-order valence-electron chi connectivity index (χ2n) is 16.9. The van der Waals surface area contributed by atoms with E-state index in [9.17, 15) is 45.6 Å². The third-order valence-electron chi connectivity index (χ3n) is 11.6. The number of carbonyl (C=O) groups is 1. The molecule has 2 fully saturated rings. The van der Waals surface area contributed by atoms with Crippen LogP contribution in [-0.4, -0.2) is 140 Å². The third kappa shape index (κ3) is 22.6. The van der Waals surface area contributed by atoms with E-state index in [-0.39, 0.29) is 18.9 Å². The SMILES string of the molecule is CCCCCCCCCCCCCCCCC/C=C/CC/C=C/CC/C=C/C(O)C(COC1OC(CO)C(OC2OC(CO)C(O)C(O)C2O)C(O)C1O)NC(=O)CCCC. The van der Waals surface area contributed by atoms with Crippen molar-refractivity contribution >= 4 is 5.91 Å². The lowest BCUT2D eigenvalue weighted by Crippen LogP contribution is -2.65. The molecule has 9 N–H and O–H groups in total. The zero-order valence-electron chi connectivity index (χ0n) is 37.4. The molecule has 0 spiro atoms. The van der Waals surface area contributed by atoms with Crippen LogP contribution in [0.1, 0.15) is 162 Å². The molecule has 356 valence electrons. The minimum absolute atomic E-state index is 0.244. The number of amides is 1. The molecule has 0 saturated carbocycles. The molecular formula is C47H85NO13. The summed E-state index contributed by atoms with van der Waals surface area (Å²) in [6.07, 6.45) is 22.1. The van der Waals surface area contributed by atoms with E-state index >= 15 is 0 Å². The Morgan fingerprint density at radius 2 is 1.05 bits per heavy atom. The maximum Gasteiger partial charge on any atom is 0.220 e. The standard InChI is InChI=1S/C47H85NO13/c1-3-5-7-8-9-10-11-12-13-14-15-16-17-18-19-20-21-22-23-24-25-26-27-28-29-30-36(51)35(48-39(52)31-6-4-2)34-58-46-44(57)42(55)45(38(33-50)60-46)61-47-43(56)41(54)40(53)37(32-49)59-47/h21-22,25-26,29-30,35-38,40-47,49-51,53-57H,3-20,23-24,27-28,31-34H2,1-2H3,(H,48,52)/b22-21+,26-25+,30-29+. The molecule has 14 nitrogen and oxygen atoms in total. The molecule has 14 heteroatoms. The number of aliphatic hydroxyl groups is 8. The topological polar surface area (TPSA) is 228 Å². The van der Waals surface area contributed by atoms with Crippen molar-refractivity contribution in [3.8, 4) is 0 Å². The summed E-state index contributed by atoms with van der Waals surface area (Å²) in [6, 6.07) is -0.930. The fourth-order valence-corrected chi connectivity index (χ4v) is 7.59. The van der Waals surface area contributed by atoms with Crippen LogP contribution >= 0.6 is 0 Å². The molecule has 0 radical (unpaired) electrons. The number of carbonyl (C=O) groups excluding carboxylic acids is 1. The summed E-state index contributed by atoms with van der Waals surface area (Å²) in [4.78, 5) is 12.7. The number of hydrogen-bond donors (Lipinski definition) is 9. The molecular weight excluding hydrogens is 787 g/mol. The predicted octanol–water partition coefficient (Wildman–Crippen LogP) is 5.15. The average molecular weight is 872 g/mol. The van der Waals surface area contributed by atoms with Gasteiger partial charge in [-0.1, -0.05) is 147 Å². The van der Waals surface area contributed by atoms with Gasteiger partial charge in [0.05, 0.1) is 32.0 Å². The molecule has 0 aromatic carbocycles. The molecule has 2 rings (SSSR count). The van der Waals surface area contributed by atoms with E-state index < -0.39 is 86.8 Å². The fraction of sp³-hybridized carbons (Fsp3) is 0.851. The van der Waals surface area contributed by atoms with Crippen molar-refractivity contribution in [3.63, 3.8) is 0 Å². The summed E-state index contributed by atoms with van der Waals surface area (Å²) in [5, 5.41) is 85.7. The van der Waals surface area contributed by atoms with E-state index in [1.165, 1.54) is 96.3 Å². The summed E-state index contributed by atoms with van der Waals surface area (Å²) >= 11 is 0. The quantitative estimate of drug-likeness (QED) is 0.0297. The van der Waals surface area contributed by atoms with Gasteiger partial charge in [0.2, 0.25) is 5.91 Å². The largest absolute Gasteiger partial charge is 0.394 e. The van der Waals surface area contributed by atoms with Crippen molar-refractivity contribution in [2.24, 2.45) is 0 Å². The van der Waals surface area contributed by atoms with E-state index in [2.05, 4.69) is 36.5 Å². The molecule has 0 aromatic heterocycles. The molecule has 2 heterocycles. The van der Waals surface area contributed by atoms with Gasteiger partial charge in [0, 0.05) is 6.42 Å². The molecule has 2 aliphatic rings. The Kier molecular flexibility index (Phi) is 31.4. The number of aliphatic hydroxyl groups excluding tert-OH is 8. The molecule has 0 aromatic rings. The minimum Gasteiger partial charge on any atom is -0.394 e. The molecule has 0 bridgehead atoms. The Bertz CT molecular complexity index is 1170. The van der Waals surface area contributed by atoms with Crippen LogP contribution in [-0.2, 0) is 23.7 Å². The van der Waals surface area contributed by atoms with E-state index in [1.54, 1.807) is 6.08 Å². The zero-order chi connectivity index (χ0) is 44.7. The first kappa shape index (κ1) is 55.3. The highest BCUT2D eigenvalue weighted by atomic mass is 16.7. The second-order valence-corrected chi connectivity index (χ2v) is 16.9. The maximum absolute atomic E-state index is 12.7. The van der Waals surface area contributed by atoms with Crippen LogP contribution in [0.3, 0.4) is 0 Å². The van der Waals surface area contributed by atoms with E-state index in [0.717, 1.165) is 32.1 Å². The lowest BCUT2D eigenvalue weighted by molar-refractivity contribution is -0.359. The minimum atomic E-state index is -1.79. The van der Waals surface area contributed by atoms with Crippen molar-refractivity contribution in [2.45, 2.75) is 235 Å². The second kappa shape index (κ2) is 34.6. The van der Waals surface area contributed by atoms with E-state index in [4.69, 9.17) is 18.9 Å². The summed E-state index contributed by atoms with van der Waals surface area (Å²) in [5.74, 6) is -0.291. The Morgan fingerprint density at radius 1 is 0.574 bits per heavy atom. The number of rotatable bonds is 35. The molecule has 2 aliphatic heterocycles. The molecule has 61 heavy (non-hydrogen) atoms. The normalized spacial score (nSPS) is 28.3. The lowest BCUT2D eigenvalue weighted by Gasteiger charge is -2.46. The van der Waals surface area contributed by atoms with Gasteiger partial charge in [-0.2, -0.15) is 0 Å². The highest BCUT2D eigenvalue weighted by Gasteiger charge is 2.50. The zero-order valence-corrected chi connectivity index (χ0v) is 37.4. The van der Waals surface area contributed by atoms with Crippen LogP contribution in [0, 0.1) is 0 Å². The maximum atomic E-state index is 12.7. The highest BCUT2D eigenvalue weighted by molar-refractivity contribution is 5.76. The van der Waals surface area contributed by atoms with Crippen molar-refractivity contribution in [2.75, 3.05) is 19.8 Å². The molecule has 12 unspecified atom stereocenters. The Morgan fingerprint density at radius 3 is 1.59 bits per heavy atom. The van der Waals surface area contributed by atoms with Gasteiger partial charge < -0.3 is 65.1 Å². The van der Waals surface area contributed by atoms with Gasteiger partial charge in [0.1, 0.15) is 48.8 Å². The Labute approximate surface area is 366 Å². The molecule has 12 atom stereocenters. The van der Waals surface area contributed by atoms with Gasteiger partial charge in [-0.05, 0) is 44.9 Å². The van der Waals surface area contributed by atoms with E-state index in [0.29, 0.717) is 12.8 Å². The molecule has 2 saturated heterocycles. The summed E-state index contributed by atoms with van der Waals surface area (Å²) in [7, 11) is 0. The van der Waals surface area contributed by atoms with Crippen molar-refractivity contribution in [3.05, 3.63) is 36.5 Å². The molecule has 0 aliphatic carbocycles. The van der Waals surface area contributed by atoms with Gasteiger partial charge in [-0.25, -0.2) is 0 Å². The summed E-state index contributed by atoms with van der Waals surface area (Å²) in [6.45, 7) is 2.48. The number of allylic oxidation sites excluding steroid dienone is 5. The van der Waals surface area contributed by atoms with Crippen LogP contribution in [0.5, 0.6) is 0 Å². The van der Waals surface area contributed by atoms with Crippen LogP contribution in [0.4, 0.5) is 0 Å². The van der Waals surface area contributed by atoms with Crippen LogP contribution < -0.4 is 5.32 Å². The van der Waals surface area contributed by atoms with Gasteiger partial charge >= 0.3 is 0 Å². The first-order chi connectivity index (χ1) is 29.6. The fourth-order valence-electron chi connectivity index (χ4n) is 7.59. The van der Waals surface area contributed by atoms with Gasteiger partial charge in [0.25, 0.3) is 0 Å². The average Bonchev–Trinajstić information content (AvgIpc) is 3.26. The van der Waals surface area contributed by atoms with Crippen molar-refractivity contribution < 1.29 is 64.6 Å². The third-order valence-corrected chi connectivity index (χ3v) is 11.6. The van der Waals surface area contributed by atoms with Crippen LogP contribution in [0.2, 0.25) is 0 Å². The smallest absolute Gasteiger partial charge is 0.220 e. The number of hydrogen-bond acceptors (Lipinski definition) is 13. The first-order valence-corrected chi connectivity index (χ1v) is 23.7. The van der Waals surface area contributed by atoms with Crippen LogP contribution in [0.15, 0.2) is 36.5 Å². The molecule has 1 amide bonds. The number of unbranched alkanes of at least 4 members (excludes halogenated alkanes) is 18. The number of ether oxygens (including phenoxy) is 4. The van der Waals surface area contributed by atoms with Gasteiger partial charge in [0.15, 0.2) is 12.6 Å². The van der Waals surface area contributed by atoms with Crippen molar-refractivity contribution in [1.82, 2.24) is 5.32 Å². The van der Waals surface area contributed by atoms with Gasteiger partial charge in [-0.15, -0.1) is 0 Å². The van der Waals surface area contributed by atoms with E-state index in [1.807, 2.05) is 13.0 Å². The van der Waals surface area contributed by atoms with Gasteiger partial charge in [-0.3, -0.25) is 4.79 Å². The van der Waals surface area contributed by atoms with Crippen LogP contribution in [0.25, 0.3) is 0 Å². The van der Waals surface area contributed by atoms with Crippen molar-refractivity contribution in [1.29, 1.82) is 0 Å². The Balaban J connectivity index is 1.69. The summed E-state index contributed by atoms with van der Waals surface area (Å²) < 4.78 is 22.4. The first-order valence-electron chi connectivity index (χ1n) is 23.7. The summed E-state index contributed by atoms with van der Waals surface area (Å²) in [5.41, 5.74) is 0. The predicted molar refractivity (Wildman–Crippen MR) is 235 cm³/mol. The monoisotopic (exact) mass is 872 g/mol.